The van der Waals surface area contributed by atoms with Gasteiger partial charge in [0.25, 0.3) is 0 Å². The highest BCUT2D eigenvalue weighted by atomic mass is 16.4. The molecule has 0 radical (unpaired) electrons. The van der Waals surface area contributed by atoms with Crippen LogP contribution in [0.25, 0.3) is 0 Å². The minimum atomic E-state index is -0.675. The maximum Gasteiger partial charge on any atom is 0.303 e. The number of carbonyl (C=O) groups is 1. The number of unbranched alkanes of at least 4 members (excludes halogenated alkanes) is 12. The summed E-state index contributed by atoms with van der Waals surface area (Å²) in [5.74, 6) is -0.675. The second-order valence-corrected chi connectivity index (χ2v) is 8.23. The average Bonchev–Trinajstić information content (AvgIpc) is 2.69. The minimum absolute atomic E-state index is 0.333. The van der Waals surface area contributed by atoms with Gasteiger partial charge in [-0.25, -0.2) is 0 Å². The van der Waals surface area contributed by atoms with Gasteiger partial charge in [0.05, 0.1) is 0 Å². The molecule has 0 aromatic heterocycles. The molecule has 0 aliphatic carbocycles. The van der Waals surface area contributed by atoms with E-state index in [1.807, 2.05) is 0 Å². The first-order chi connectivity index (χ1) is 13.6. The lowest BCUT2D eigenvalue weighted by Crippen LogP contribution is -2.27. The minimum Gasteiger partial charge on any atom is -0.481 e. The van der Waals surface area contributed by atoms with Crippen LogP contribution in [-0.2, 0) is 4.79 Å². The fourth-order valence-corrected chi connectivity index (χ4v) is 3.32. The molecule has 0 rings (SSSR count). The van der Waals surface area contributed by atoms with Gasteiger partial charge in [0.1, 0.15) is 0 Å². The molecule has 0 unspecified atom stereocenters. The summed E-state index contributed by atoms with van der Waals surface area (Å²) in [6, 6.07) is 0. The Morgan fingerprint density at radius 3 is 1.14 bits per heavy atom. The number of nitrogens with zero attached hydrogens (tertiary/aromatic N) is 1. The summed E-state index contributed by atoms with van der Waals surface area (Å²) >= 11 is 0. The summed E-state index contributed by atoms with van der Waals surface area (Å²) in [6.45, 7) is 13.0. The molecule has 0 amide bonds. The number of hydrogen-bond acceptors (Lipinski definition) is 2. The number of carboxylic acid groups (broad SMARTS) is 1. The molecule has 0 heterocycles. The van der Waals surface area contributed by atoms with Gasteiger partial charge in [-0.15, -0.1) is 0 Å². The summed E-state index contributed by atoms with van der Waals surface area (Å²) in [4.78, 5) is 12.7. The first kappa shape index (κ1) is 29.6. The van der Waals surface area contributed by atoms with E-state index in [9.17, 15) is 4.79 Å². The van der Waals surface area contributed by atoms with Crippen molar-refractivity contribution >= 4 is 5.97 Å². The third kappa shape index (κ3) is 27.6. The lowest BCUT2D eigenvalue weighted by atomic mass is 10.1. The fraction of sp³-hybridized carbons (Fsp3) is 0.960. The van der Waals surface area contributed by atoms with E-state index in [2.05, 4.69) is 32.6 Å². The van der Waals surface area contributed by atoms with E-state index in [0.29, 0.717) is 6.42 Å². The largest absolute Gasteiger partial charge is 0.481 e. The molecular formula is C25H53NO2. The maximum atomic E-state index is 9.96. The van der Waals surface area contributed by atoms with Crippen molar-refractivity contribution in [1.29, 1.82) is 0 Å². The van der Waals surface area contributed by atoms with Crippen molar-refractivity contribution in [3.05, 3.63) is 0 Å². The molecule has 0 fully saturated rings. The van der Waals surface area contributed by atoms with Gasteiger partial charge in [-0.1, -0.05) is 105 Å². The lowest BCUT2D eigenvalue weighted by molar-refractivity contribution is -0.137. The number of hydrogen-bond donors (Lipinski definition) is 1. The number of carboxylic acids is 1. The molecule has 0 aliphatic rings. The van der Waals surface area contributed by atoms with Crippen LogP contribution in [0.3, 0.4) is 0 Å². The van der Waals surface area contributed by atoms with E-state index in [1.165, 1.54) is 103 Å². The Balaban J connectivity index is 0. The highest BCUT2D eigenvalue weighted by Gasteiger charge is 2.04. The van der Waals surface area contributed by atoms with Crippen molar-refractivity contribution in [1.82, 2.24) is 4.90 Å². The van der Waals surface area contributed by atoms with Gasteiger partial charge in [-0.3, -0.25) is 4.79 Å². The Morgan fingerprint density at radius 1 is 0.536 bits per heavy atom. The zero-order chi connectivity index (χ0) is 21.3. The zero-order valence-electron chi connectivity index (χ0n) is 19.9. The molecule has 0 aliphatic heterocycles. The van der Waals surface area contributed by atoms with Gasteiger partial charge < -0.3 is 10.0 Å². The molecule has 0 spiro atoms. The smallest absolute Gasteiger partial charge is 0.303 e. The molecule has 3 nitrogen and oxygen atoms in total. The van der Waals surface area contributed by atoms with Crippen LogP contribution in [0.4, 0.5) is 0 Å². The predicted octanol–water partition coefficient (Wildman–Crippen LogP) is 8.07. The zero-order valence-corrected chi connectivity index (χ0v) is 19.9. The van der Waals surface area contributed by atoms with E-state index in [1.54, 1.807) is 0 Å². The third-order valence-corrected chi connectivity index (χ3v) is 5.23. The Kier molecular flexibility index (Phi) is 28.0. The van der Waals surface area contributed by atoms with Crippen LogP contribution in [0.5, 0.6) is 0 Å². The molecule has 28 heavy (non-hydrogen) atoms. The van der Waals surface area contributed by atoms with Crippen LogP contribution in [0.15, 0.2) is 0 Å². The number of aliphatic carboxylic acids is 1. The second kappa shape index (κ2) is 26.4. The molecule has 0 saturated heterocycles. The van der Waals surface area contributed by atoms with Gasteiger partial charge in [0.2, 0.25) is 0 Å². The van der Waals surface area contributed by atoms with Crippen LogP contribution < -0.4 is 0 Å². The van der Waals surface area contributed by atoms with E-state index in [-0.39, 0.29) is 0 Å². The first-order valence-electron chi connectivity index (χ1n) is 12.6. The summed E-state index contributed by atoms with van der Waals surface area (Å²) < 4.78 is 0. The van der Waals surface area contributed by atoms with Crippen molar-refractivity contribution in [2.45, 2.75) is 137 Å². The maximum absolute atomic E-state index is 9.96. The molecule has 0 aromatic carbocycles. The molecule has 1 N–H and O–H groups in total. The Labute approximate surface area is 177 Å². The van der Waals surface area contributed by atoms with E-state index in [0.717, 1.165) is 19.3 Å². The van der Waals surface area contributed by atoms with Crippen molar-refractivity contribution in [2.75, 3.05) is 19.6 Å². The topological polar surface area (TPSA) is 40.5 Å². The molecule has 0 aromatic rings. The Bertz CT molecular complexity index is 266. The summed E-state index contributed by atoms with van der Waals surface area (Å²) in [5.41, 5.74) is 0. The monoisotopic (exact) mass is 399 g/mol. The van der Waals surface area contributed by atoms with E-state index >= 15 is 0 Å². The molecule has 0 bridgehead atoms. The van der Waals surface area contributed by atoms with Gasteiger partial charge in [0, 0.05) is 6.42 Å². The molecule has 3 heteroatoms. The van der Waals surface area contributed by atoms with Crippen LogP contribution >= 0.6 is 0 Å². The molecular weight excluding hydrogens is 346 g/mol. The first-order valence-corrected chi connectivity index (χ1v) is 12.6. The molecule has 170 valence electrons. The van der Waals surface area contributed by atoms with Crippen molar-refractivity contribution in [2.24, 2.45) is 0 Å². The third-order valence-electron chi connectivity index (χ3n) is 5.23. The fourth-order valence-electron chi connectivity index (χ4n) is 3.32. The molecule has 0 saturated carbocycles. The lowest BCUT2D eigenvalue weighted by Gasteiger charge is -2.22. The number of rotatable bonds is 20. The van der Waals surface area contributed by atoms with Crippen molar-refractivity contribution < 1.29 is 9.90 Å². The summed E-state index contributed by atoms with van der Waals surface area (Å²) in [6.07, 6.45) is 21.4. The summed E-state index contributed by atoms with van der Waals surface area (Å²) in [5, 5.41) is 8.21. The standard InChI is InChI=1S/C18H39N.C7H14O2/c1-4-7-10-13-16-19(17-14-11-8-5-2)18-15-12-9-6-3;1-2-3-4-5-6-7(8)9/h4-18H2,1-3H3;2-6H2,1H3,(H,8,9). The average molecular weight is 400 g/mol. The quantitative estimate of drug-likeness (QED) is 0.210. The predicted molar refractivity (Wildman–Crippen MR) is 125 cm³/mol. The Morgan fingerprint density at radius 2 is 0.857 bits per heavy atom. The highest BCUT2D eigenvalue weighted by Crippen LogP contribution is 2.08. The summed E-state index contributed by atoms with van der Waals surface area (Å²) in [7, 11) is 0. The van der Waals surface area contributed by atoms with Crippen LogP contribution in [-0.4, -0.2) is 35.6 Å². The SMILES string of the molecule is CCCCCCC(=O)O.CCCCCCN(CCCCCC)CCCCCC. The van der Waals surface area contributed by atoms with E-state index < -0.39 is 5.97 Å². The van der Waals surface area contributed by atoms with Crippen LogP contribution in [0.2, 0.25) is 0 Å². The van der Waals surface area contributed by atoms with Crippen molar-refractivity contribution in [3.63, 3.8) is 0 Å². The van der Waals surface area contributed by atoms with E-state index in [4.69, 9.17) is 5.11 Å². The highest BCUT2D eigenvalue weighted by molar-refractivity contribution is 5.66. The van der Waals surface area contributed by atoms with Crippen LogP contribution in [0, 0.1) is 0 Å². The van der Waals surface area contributed by atoms with Gasteiger partial charge in [-0.2, -0.15) is 0 Å². The van der Waals surface area contributed by atoms with Gasteiger partial charge >= 0.3 is 5.97 Å². The van der Waals surface area contributed by atoms with Crippen LogP contribution in [0.1, 0.15) is 137 Å². The second-order valence-electron chi connectivity index (χ2n) is 8.23. The normalized spacial score (nSPS) is 10.8. The van der Waals surface area contributed by atoms with Gasteiger partial charge in [-0.05, 0) is 45.3 Å². The van der Waals surface area contributed by atoms with Gasteiger partial charge in [0.15, 0.2) is 0 Å². The Hall–Kier alpha value is -0.570. The van der Waals surface area contributed by atoms with Crippen molar-refractivity contribution in [3.8, 4) is 0 Å². The molecule has 0 atom stereocenters.